The van der Waals surface area contributed by atoms with Crippen LogP contribution in [0.1, 0.15) is 42.7 Å². The molecule has 3 N–H and O–H groups in total. The van der Waals surface area contributed by atoms with Gasteiger partial charge in [-0.25, -0.2) is 9.97 Å². The fourth-order valence-electron chi connectivity index (χ4n) is 3.38. The van der Waals surface area contributed by atoms with Gasteiger partial charge in [0, 0.05) is 36.8 Å². The molecule has 0 unspecified atom stereocenters. The van der Waals surface area contributed by atoms with E-state index in [1.807, 2.05) is 18.2 Å². The number of carbonyl (C=O) groups is 2. The molecule has 0 radical (unpaired) electrons. The molecule has 3 rings (SSSR count). The van der Waals surface area contributed by atoms with Crippen LogP contribution in [0.5, 0.6) is 0 Å². The van der Waals surface area contributed by atoms with Gasteiger partial charge in [0.25, 0.3) is 5.91 Å². The minimum absolute atomic E-state index is 0.157. The highest BCUT2D eigenvalue weighted by Crippen LogP contribution is 2.33. The smallest absolute Gasteiger partial charge is 0.276 e. The lowest BCUT2D eigenvalue weighted by Crippen LogP contribution is -2.33. The maximum atomic E-state index is 13.2. The summed E-state index contributed by atoms with van der Waals surface area (Å²) in [6.07, 6.45) is 2.93. The summed E-state index contributed by atoms with van der Waals surface area (Å²) in [5.74, 6) is 0.0922. The highest BCUT2D eigenvalue weighted by molar-refractivity contribution is 6.02. The molecule has 7 nitrogen and oxygen atoms in total. The Morgan fingerprint density at radius 3 is 2.46 bits per heavy atom. The summed E-state index contributed by atoms with van der Waals surface area (Å²) in [6, 6.07) is 10.1. The van der Waals surface area contributed by atoms with Crippen LogP contribution in [0, 0.1) is 11.3 Å². The summed E-state index contributed by atoms with van der Waals surface area (Å²) in [5.41, 5.74) is 6.71. The van der Waals surface area contributed by atoms with Crippen LogP contribution in [0.4, 0.5) is 5.82 Å². The van der Waals surface area contributed by atoms with Crippen molar-refractivity contribution in [1.82, 2.24) is 14.9 Å². The first-order valence-corrected chi connectivity index (χ1v) is 9.48. The minimum Gasteiger partial charge on any atom is -0.336 e. The van der Waals surface area contributed by atoms with E-state index in [1.165, 1.54) is 18.0 Å². The van der Waals surface area contributed by atoms with Gasteiger partial charge in [-0.1, -0.05) is 51.1 Å². The van der Waals surface area contributed by atoms with E-state index in [2.05, 4.69) is 27.4 Å². The molecule has 1 aromatic heterocycles. The van der Waals surface area contributed by atoms with Gasteiger partial charge in [-0.3, -0.25) is 9.59 Å². The third-order valence-electron chi connectivity index (χ3n) is 5.07. The van der Waals surface area contributed by atoms with Crippen LogP contribution in [-0.2, 0) is 4.79 Å². The molecule has 1 aromatic carbocycles. The molecule has 1 aliphatic heterocycles. The van der Waals surface area contributed by atoms with Crippen molar-refractivity contribution in [3.63, 3.8) is 0 Å². The van der Waals surface area contributed by atoms with E-state index in [-0.39, 0.29) is 35.2 Å². The third kappa shape index (κ3) is 4.20. The second-order valence-electron chi connectivity index (χ2n) is 8.18. The van der Waals surface area contributed by atoms with Crippen LogP contribution in [-0.4, -0.2) is 46.3 Å². The fourth-order valence-corrected chi connectivity index (χ4v) is 3.38. The van der Waals surface area contributed by atoms with Crippen LogP contribution in [0.25, 0.3) is 0 Å². The number of nitrogens with two attached hydrogens (primary N) is 1. The zero-order chi connectivity index (χ0) is 20.3. The van der Waals surface area contributed by atoms with Crippen molar-refractivity contribution in [1.29, 1.82) is 0 Å². The van der Waals surface area contributed by atoms with E-state index in [9.17, 15) is 9.59 Å². The van der Waals surface area contributed by atoms with Gasteiger partial charge in [0.05, 0.1) is 0 Å². The van der Waals surface area contributed by atoms with Crippen molar-refractivity contribution < 1.29 is 9.59 Å². The molecule has 0 saturated carbocycles. The molecule has 2 heterocycles. The van der Waals surface area contributed by atoms with Crippen LogP contribution >= 0.6 is 0 Å². The van der Waals surface area contributed by atoms with Crippen molar-refractivity contribution in [3.05, 3.63) is 54.0 Å². The Balaban J connectivity index is 1.82. The van der Waals surface area contributed by atoms with E-state index >= 15 is 0 Å². The third-order valence-corrected chi connectivity index (χ3v) is 5.07. The summed E-state index contributed by atoms with van der Waals surface area (Å²) < 4.78 is 0. The minimum atomic E-state index is -0.603. The number of likely N-dealkylation sites (tertiary alicyclic amines) is 1. The highest BCUT2D eigenvalue weighted by atomic mass is 16.2. The monoisotopic (exact) mass is 381 g/mol. The van der Waals surface area contributed by atoms with E-state index in [4.69, 9.17) is 5.73 Å². The van der Waals surface area contributed by atoms with E-state index in [1.54, 1.807) is 25.7 Å². The molecule has 2 amide bonds. The number of rotatable bonds is 4. The Morgan fingerprint density at radius 1 is 1.14 bits per heavy atom. The van der Waals surface area contributed by atoms with Crippen molar-refractivity contribution in [2.24, 2.45) is 17.1 Å². The van der Waals surface area contributed by atoms with Crippen LogP contribution in [0.3, 0.4) is 0 Å². The van der Waals surface area contributed by atoms with Gasteiger partial charge in [0.2, 0.25) is 5.91 Å². The predicted octanol–water partition coefficient (Wildman–Crippen LogP) is 2.28. The summed E-state index contributed by atoms with van der Waals surface area (Å²) in [6.45, 7) is 7.02. The van der Waals surface area contributed by atoms with Crippen molar-refractivity contribution in [3.8, 4) is 0 Å². The Kier molecular flexibility index (Phi) is 5.74. The van der Waals surface area contributed by atoms with Gasteiger partial charge in [-0.2, -0.15) is 0 Å². The largest absolute Gasteiger partial charge is 0.336 e. The Labute approximate surface area is 165 Å². The molecular weight excluding hydrogens is 354 g/mol. The van der Waals surface area contributed by atoms with Crippen LogP contribution in [0.15, 0.2) is 42.7 Å². The number of benzene rings is 1. The topological polar surface area (TPSA) is 101 Å². The van der Waals surface area contributed by atoms with Crippen LogP contribution in [0.2, 0.25) is 0 Å². The number of anilines is 1. The summed E-state index contributed by atoms with van der Waals surface area (Å²) >= 11 is 0. The molecule has 1 saturated heterocycles. The lowest BCUT2D eigenvalue weighted by Gasteiger charge is -2.20. The number of nitrogens with one attached hydrogen (secondary N) is 1. The first-order chi connectivity index (χ1) is 13.3. The zero-order valence-corrected chi connectivity index (χ0v) is 16.6. The SMILES string of the molecule is CC(C)(C)C(=O)Nc1nccnc1C(=O)N1C[C@@H](CN)[C@H](c2ccccc2)C1. The molecule has 148 valence electrons. The summed E-state index contributed by atoms with van der Waals surface area (Å²) in [7, 11) is 0. The fraction of sp³-hybridized carbons (Fsp3) is 0.429. The molecule has 0 spiro atoms. The molecular formula is C21H27N5O2. The van der Waals surface area contributed by atoms with Crippen molar-refractivity contribution >= 4 is 17.6 Å². The number of aromatic nitrogens is 2. The van der Waals surface area contributed by atoms with E-state index in [0.29, 0.717) is 19.6 Å². The van der Waals surface area contributed by atoms with Gasteiger partial charge in [0.15, 0.2) is 11.5 Å². The number of hydrogen-bond acceptors (Lipinski definition) is 5. The van der Waals surface area contributed by atoms with Crippen molar-refractivity contribution in [2.45, 2.75) is 26.7 Å². The molecule has 1 fully saturated rings. The average molecular weight is 381 g/mol. The van der Waals surface area contributed by atoms with Crippen molar-refractivity contribution in [2.75, 3.05) is 25.0 Å². The van der Waals surface area contributed by atoms with Gasteiger partial charge in [-0.05, 0) is 18.0 Å². The van der Waals surface area contributed by atoms with E-state index in [0.717, 1.165) is 0 Å². The maximum Gasteiger partial charge on any atom is 0.276 e. The average Bonchev–Trinajstić information content (AvgIpc) is 3.12. The van der Waals surface area contributed by atoms with E-state index < -0.39 is 5.41 Å². The number of carbonyl (C=O) groups excluding carboxylic acids is 2. The normalized spacial score (nSPS) is 19.5. The molecule has 7 heteroatoms. The predicted molar refractivity (Wildman–Crippen MR) is 108 cm³/mol. The lowest BCUT2D eigenvalue weighted by molar-refractivity contribution is -0.123. The molecule has 28 heavy (non-hydrogen) atoms. The lowest BCUT2D eigenvalue weighted by atomic mass is 9.89. The summed E-state index contributed by atoms with van der Waals surface area (Å²) in [5, 5.41) is 2.74. The number of nitrogens with zero attached hydrogens (tertiary/aromatic N) is 3. The maximum absolute atomic E-state index is 13.2. The quantitative estimate of drug-likeness (QED) is 0.846. The Bertz CT molecular complexity index is 847. The molecule has 2 aromatic rings. The Hall–Kier alpha value is -2.80. The first-order valence-electron chi connectivity index (χ1n) is 9.48. The Morgan fingerprint density at radius 2 is 1.82 bits per heavy atom. The second kappa shape index (κ2) is 8.06. The zero-order valence-electron chi connectivity index (χ0n) is 16.6. The molecule has 0 bridgehead atoms. The van der Waals surface area contributed by atoms with Gasteiger partial charge < -0.3 is 16.0 Å². The van der Waals surface area contributed by atoms with Gasteiger partial charge in [-0.15, -0.1) is 0 Å². The molecule has 1 aliphatic rings. The summed E-state index contributed by atoms with van der Waals surface area (Å²) in [4.78, 5) is 35.7. The standard InChI is InChI=1S/C21H27N5O2/c1-21(2,3)20(28)25-18-17(23-9-10-24-18)19(27)26-12-15(11-22)16(13-26)14-7-5-4-6-8-14/h4-10,15-16H,11-13,22H2,1-3H3,(H,24,25,28)/t15-,16+/m1/s1. The first kappa shape index (κ1) is 19.9. The second-order valence-corrected chi connectivity index (χ2v) is 8.18. The number of amides is 2. The van der Waals surface area contributed by atoms with Gasteiger partial charge >= 0.3 is 0 Å². The van der Waals surface area contributed by atoms with Gasteiger partial charge in [0.1, 0.15) is 0 Å². The molecule has 2 atom stereocenters. The number of hydrogen-bond donors (Lipinski definition) is 2. The van der Waals surface area contributed by atoms with Crippen LogP contribution < -0.4 is 11.1 Å². The molecule has 0 aliphatic carbocycles. The highest BCUT2D eigenvalue weighted by Gasteiger charge is 2.37.